The molecule has 6 heteroatoms. The zero-order valence-corrected chi connectivity index (χ0v) is 10.4. The highest BCUT2D eigenvalue weighted by atomic mass is 19.1. The Bertz CT molecular complexity index is 823. The van der Waals surface area contributed by atoms with Gasteiger partial charge < -0.3 is 15.5 Å². The van der Waals surface area contributed by atoms with Crippen molar-refractivity contribution in [1.82, 2.24) is 4.98 Å². The largest absolute Gasteiger partial charge is 0.417 e. The van der Waals surface area contributed by atoms with Crippen LogP contribution in [0.5, 0.6) is 0 Å². The number of H-pyrrole nitrogens is 1. The van der Waals surface area contributed by atoms with Crippen LogP contribution in [0.1, 0.15) is 5.56 Å². The third-order valence-electron chi connectivity index (χ3n) is 2.96. The quantitative estimate of drug-likeness (QED) is 0.640. The van der Waals surface area contributed by atoms with E-state index in [1.54, 1.807) is 18.2 Å². The Labute approximate surface area is 113 Å². The van der Waals surface area contributed by atoms with E-state index in [4.69, 9.17) is 10.2 Å². The summed E-state index contributed by atoms with van der Waals surface area (Å²) in [6, 6.07) is 9.55. The van der Waals surface area contributed by atoms with E-state index in [0.29, 0.717) is 29.0 Å². The molecule has 0 aliphatic heterocycles. The third-order valence-corrected chi connectivity index (χ3v) is 2.96. The van der Waals surface area contributed by atoms with Gasteiger partial charge in [0.05, 0.1) is 16.9 Å². The van der Waals surface area contributed by atoms with Crippen molar-refractivity contribution in [2.75, 3.05) is 11.1 Å². The molecule has 0 unspecified atom stereocenters. The normalized spacial score (nSPS) is 10.8. The van der Waals surface area contributed by atoms with Gasteiger partial charge in [-0.1, -0.05) is 12.1 Å². The van der Waals surface area contributed by atoms with Crippen LogP contribution in [0, 0.1) is 5.82 Å². The number of anilines is 2. The van der Waals surface area contributed by atoms with E-state index in [-0.39, 0.29) is 5.82 Å². The molecule has 0 aliphatic rings. The highest BCUT2D eigenvalue weighted by Gasteiger charge is 2.06. The van der Waals surface area contributed by atoms with Gasteiger partial charge >= 0.3 is 5.76 Å². The number of benzene rings is 2. The maximum atomic E-state index is 13.1. The van der Waals surface area contributed by atoms with E-state index in [1.807, 2.05) is 6.07 Å². The lowest BCUT2D eigenvalue weighted by molar-refractivity contribution is 0.555. The summed E-state index contributed by atoms with van der Waals surface area (Å²) in [5, 5.41) is 3.10. The fourth-order valence-corrected chi connectivity index (χ4v) is 2.01. The van der Waals surface area contributed by atoms with Gasteiger partial charge in [-0.3, -0.25) is 4.98 Å². The minimum Gasteiger partial charge on any atom is -0.408 e. The van der Waals surface area contributed by atoms with Crippen molar-refractivity contribution in [3.63, 3.8) is 0 Å². The van der Waals surface area contributed by atoms with E-state index in [0.717, 1.165) is 5.56 Å². The van der Waals surface area contributed by atoms with Gasteiger partial charge in [0, 0.05) is 12.6 Å². The van der Waals surface area contributed by atoms with Gasteiger partial charge in [-0.05, 0) is 23.8 Å². The second-order valence-electron chi connectivity index (χ2n) is 4.43. The fourth-order valence-electron chi connectivity index (χ4n) is 2.01. The summed E-state index contributed by atoms with van der Waals surface area (Å²) in [6.07, 6.45) is 0. The number of fused-ring (bicyclic) bond motifs is 1. The Hall–Kier alpha value is -2.76. The SMILES string of the molecule is Nc1cc2oc(=O)[nH]c2cc1NCc1cccc(F)c1. The summed E-state index contributed by atoms with van der Waals surface area (Å²) in [5.41, 5.74) is 8.75. The monoisotopic (exact) mass is 273 g/mol. The predicted octanol–water partition coefficient (Wildman–Crippen LogP) is 2.45. The number of nitrogen functional groups attached to an aromatic ring is 1. The van der Waals surface area contributed by atoms with Gasteiger partial charge in [0.2, 0.25) is 0 Å². The van der Waals surface area contributed by atoms with E-state index in [1.165, 1.54) is 12.1 Å². The summed E-state index contributed by atoms with van der Waals surface area (Å²) in [6.45, 7) is 0.426. The van der Waals surface area contributed by atoms with Crippen molar-refractivity contribution >= 4 is 22.5 Å². The lowest BCUT2D eigenvalue weighted by Crippen LogP contribution is -2.02. The Balaban J connectivity index is 1.86. The van der Waals surface area contributed by atoms with E-state index < -0.39 is 5.76 Å². The van der Waals surface area contributed by atoms with Crippen LogP contribution in [0.2, 0.25) is 0 Å². The summed E-state index contributed by atoms with van der Waals surface area (Å²) in [7, 11) is 0. The summed E-state index contributed by atoms with van der Waals surface area (Å²) in [5.74, 6) is -0.812. The highest BCUT2D eigenvalue weighted by Crippen LogP contribution is 2.24. The Kier molecular flexibility index (Phi) is 2.90. The molecule has 5 nitrogen and oxygen atoms in total. The molecule has 0 spiro atoms. The molecule has 0 bridgehead atoms. The number of hydrogen-bond donors (Lipinski definition) is 3. The van der Waals surface area contributed by atoms with Crippen LogP contribution in [0.25, 0.3) is 11.1 Å². The molecule has 0 atom stereocenters. The van der Waals surface area contributed by atoms with Gasteiger partial charge in [-0.25, -0.2) is 9.18 Å². The molecule has 0 aliphatic carbocycles. The zero-order valence-electron chi connectivity index (χ0n) is 10.4. The van der Waals surface area contributed by atoms with Crippen LogP contribution < -0.4 is 16.8 Å². The molecule has 2 aromatic carbocycles. The molecule has 4 N–H and O–H groups in total. The summed E-state index contributed by atoms with van der Waals surface area (Å²) in [4.78, 5) is 13.7. The maximum absolute atomic E-state index is 13.1. The lowest BCUT2D eigenvalue weighted by atomic mass is 10.2. The molecule has 1 heterocycles. The van der Waals surface area contributed by atoms with Crippen LogP contribution >= 0.6 is 0 Å². The van der Waals surface area contributed by atoms with Crippen LogP contribution in [-0.4, -0.2) is 4.98 Å². The average molecular weight is 273 g/mol. The third kappa shape index (κ3) is 2.35. The second-order valence-corrected chi connectivity index (χ2v) is 4.43. The fraction of sp³-hybridized carbons (Fsp3) is 0.0714. The molecule has 0 radical (unpaired) electrons. The predicted molar refractivity (Wildman–Crippen MR) is 75.0 cm³/mol. The topological polar surface area (TPSA) is 84.0 Å². The zero-order chi connectivity index (χ0) is 14.1. The average Bonchev–Trinajstić information content (AvgIpc) is 2.75. The summed E-state index contributed by atoms with van der Waals surface area (Å²) < 4.78 is 18.0. The Morgan fingerprint density at radius 2 is 2.15 bits per heavy atom. The van der Waals surface area contributed by atoms with Crippen LogP contribution in [0.15, 0.2) is 45.6 Å². The van der Waals surface area contributed by atoms with E-state index >= 15 is 0 Å². The number of aromatic nitrogens is 1. The highest BCUT2D eigenvalue weighted by molar-refractivity contribution is 5.85. The molecule has 3 aromatic rings. The molecule has 0 saturated carbocycles. The minimum absolute atomic E-state index is 0.285. The lowest BCUT2D eigenvalue weighted by Gasteiger charge is -2.09. The first kappa shape index (κ1) is 12.3. The van der Waals surface area contributed by atoms with Gasteiger partial charge in [0.1, 0.15) is 5.82 Å². The van der Waals surface area contributed by atoms with Crippen LogP contribution in [0.3, 0.4) is 0 Å². The first-order valence-corrected chi connectivity index (χ1v) is 6.02. The number of nitrogens with two attached hydrogens (primary N) is 1. The van der Waals surface area contributed by atoms with Gasteiger partial charge in [-0.2, -0.15) is 0 Å². The second kappa shape index (κ2) is 4.73. The molecule has 1 aromatic heterocycles. The van der Waals surface area contributed by atoms with Crippen molar-refractivity contribution in [2.24, 2.45) is 0 Å². The molecule has 102 valence electrons. The van der Waals surface area contributed by atoms with Gasteiger partial charge in [0.15, 0.2) is 5.58 Å². The molecule has 0 saturated heterocycles. The maximum Gasteiger partial charge on any atom is 0.417 e. The van der Waals surface area contributed by atoms with Gasteiger partial charge in [-0.15, -0.1) is 0 Å². The minimum atomic E-state index is -0.526. The number of aromatic amines is 1. The van der Waals surface area contributed by atoms with E-state index in [9.17, 15) is 9.18 Å². The van der Waals surface area contributed by atoms with Crippen molar-refractivity contribution in [1.29, 1.82) is 0 Å². The molecule has 3 rings (SSSR count). The Morgan fingerprint density at radius 3 is 2.95 bits per heavy atom. The van der Waals surface area contributed by atoms with Crippen molar-refractivity contribution in [3.8, 4) is 0 Å². The van der Waals surface area contributed by atoms with Crippen molar-refractivity contribution in [3.05, 3.63) is 58.3 Å². The number of halogens is 1. The van der Waals surface area contributed by atoms with Crippen LogP contribution in [-0.2, 0) is 6.54 Å². The Morgan fingerprint density at radius 1 is 1.30 bits per heavy atom. The standard InChI is InChI=1S/C14H12FN3O2/c15-9-3-1-2-8(4-9)7-17-11-6-12-13(5-10(11)16)20-14(19)18-12/h1-6,17H,7,16H2,(H,18,19). The molecular weight excluding hydrogens is 261 g/mol. The van der Waals surface area contributed by atoms with Crippen molar-refractivity contribution < 1.29 is 8.81 Å². The van der Waals surface area contributed by atoms with Crippen molar-refractivity contribution in [2.45, 2.75) is 6.54 Å². The number of oxazole rings is 1. The molecule has 0 fully saturated rings. The number of hydrogen-bond acceptors (Lipinski definition) is 4. The van der Waals surface area contributed by atoms with Gasteiger partial charge in [0.25, 0.3) is 0 Å². The molecular formula is C14H12FN3O2. The smallest absolute Gasteiger partial charge is 0.408 e. The van der Waals surface area contributed by atoms with Crippen LogP contribution in [0.4, 0.5) is 15.8 Å². The van der Waals surface area contributed by atoms with E-state index in [2.05, 4.69) is 10.3 Å². The number of rotatable bonds is 3. The molecule has 0 amide bonds. The number of nitrogens with one attached hydrogen (secondary N) is 2. The first-order chi connectivity index (χ1) is 9.61. The summed E-state index contributed by atoms with van der Waals surface area (Å²) >= 11 is 0. The molecule has 20 heavy (non-hydrogen) atoms. The first-order valence-electron chi connectivity index (χ1n) is 6.02.